The first-order valence-corrected chi connectivity index (χ1v) is 5.10. The predicted octanol–water partition coefficient (Wildman–Crippen LogP) is 0.635. The largest absolute Gasteiger partial charge is 0.466 e. The first-order chi connectivity index (χ1) is 8.70. The molecule has 0 atom stereocenters. The minimum Gasteiger partial charge on any atom is -0.466 e. The molecule has 2 rings (SSSR count). The number of ether oxygens (including phenoxy) is 1. The van der Waals surface area contributed by atoms with E-state index in [4.69, 9.17) is 5.73 Å². The lowest BCUT2D eigenvalue weighted by Gasteiger charge is -2.02. The van der Waals surface area contributed by atoms with Gasteiger partial charge < -0.3 is 10.5 Å². The highest BCUT2D eigenvalue weighted by Gasteiger charge is 2.07. The summed E-state index contributed by atoms with van der Waals surface area (Å²) in [5.74, 6) is -0.0197. The number of esters is 1. The highest BCUT2D eigenvalue weighted by Crippen LogP contribution is 2.23. The second kappa shape index (κ2) is 5.09. The van der Waals surface area contributed by atoms with Crippen LogP contribution < -0.4 is 5.73 Å². The van der Waals surface area contributed by atoms with Crippen LogP contribution in [0.5, 0.6) is 0 Å². The topological polar surface area (TPSA) is 107 Å². The van der Waals surface area contributed by atoms with Gasteiger partial charge in [-0.15, -0.1) is 10.2 Å². The summed E-state index contributed by atoms with van der Waals surface area (Å²) in [4.78, 5) is 11.0. The molecule has 0 aliphatic rings. The minimum absolute atomic E-state index is 0.404. The number of H-pyrrole nitrogens is 1. The molecule has 0 spiro atoms. The number of aromatic nitrogens is 4. The monoisotopic (exact) mass is 245 g/mol. The summed E-state index contributed by atoms with van der Waals surface area (Å²) >= 11 is 0. The number of nitrogens with two attached hydrogens (primary N) is 1. The maximum absolute atomic E-state index is 11.0. The summed E-state index contributed by atoms with van der Waals surface area (Å²) in [7, 11) is 1.32. The number of anilines is 1. The zero-order valence-electron chi connectivity index (χ0n) is 9.62. The smallest absolute Gasteiger partial charge is 0.330 e. The van der Waals surface area contributed by atoms with Crippen LogP contribution in [-0.2, 0) is 9.53 Å². The van der Waals surface area contributed by atoms with Gasteiger partial charge in [0.2, 0.25) is 5.82 Å². The molecule has 7 nitrogen and oxygen atoms in total. The van der Waals surface area contributed by atoms with E-state index >= 15 is 0 Å². The molecular weight excluding hydrogens is 234 g/mol. The van der Waals surface area contributed by atoms with E-state index in [-0.39, 0.29) is 0 Å². The van der Waals surface area contributed by atoms with Crippen molar-refractivity contribution in [3.8, 4) is 11.4 Å². The van der Waals surface area contributed by atoms with Gasteiger partial charge in [-0.3, -0.25) is 0 Å². The van der Waals surface area contributed by atoms with E-state index in [1.807, 2.05) is 0 Å². The van der Waals surface area contributed by atoms with Crippen molar-refractivity contribution in [2.75, 3.05) is 12.8 Å². The zero-order chi connectivity index (χ0) is 13.0. The Balaban J connectivity index is 2.33. The molecule has 92 valence electrons. The fourth-order valence-corrected chi connectivity index (χ4v) is 1.38. The third-order valence-electron chi connectivity index (χ3n) is 2.28. The van der Waals surface area contributed by atoms with Gasteiger partial charge in [0, 0.05) is 17.3 Å². The van der Waals surface area contributed by atoms with Gasteiger partial charge in [-0.05, 0) is 29.0 Å². The minimum atomic E-state index is -0.423. The molecule has 0 aliphatic carbocycles. The Kier molecular flexibility index (Phi) is 3.33. The molecule has 18 heavy (non-hydrogen) atoms. The Morgan fingerprint density at radius 2 is 2.33 bits per heavy atom. The molecule has 1 aromatic heterocycles. The standard InChI is InChI=1S/C11H11N5O2/c1-18-10(17)5-3-7-2-4-9(12)8(6-7)11-13-15-16-14-11/h2-6H,12H2,1H3,(H,13,14,15,16)/b5-3+. The number of carbonyl (C=O) groups excluding carboxylic acids is 1. The fraction of sp³-hybridized carbons (Fsp3) is 0.0909. The van der Waals surface area contributed by atoms with E-state index in [2.05, 4.69) is 25.4 Å². The average Bonchev–Trinajstić information content (AvgIpc) is 2.91. The number of hydrogen-bond donors (Lipinski definition) is 2. The van der Waals surface area contributed by atoms with Crippen molar-refractivity contribution in [2.45, 2.75) is 0 Å². The molecule has 1 aromatic carbocycles. The van der Waals surface area contributed by atoms with Gasteiger partial charge in [-0.2, -0.15) is 5.21 Å². The highest BCUT2D eigenvalue weighted by molar-refractivity contribution is 5.87. The first kappa shape index (κ1) is 11.8. The normalized spacial score (nSPS) is 10.7. The number of aromatic amines is 1. The Hall–Kier alpha value is -2.70. The second-order valence-corrected chi connectivity index (χ2v) is 3.44. The van der Waals surface area contributed by atoms with Crippen LogP contribution in [0.3, 0.4) is 0 Å². The number of rotatable bonds is 3. The van der Waals surface area contributed by atoms with Crippen LogP contribution in [0.15, 0.2) is 24.3 Å². The number of benzene rings is 1. The van der Waals surface area contributed by atoms with Crippen molar-refractivity contribution in [3.05, 3.63) is 29.8 Å². The molecule has 7 heteroatoms. The highest BCUT2D eigenvalue weighted by atomic mass is 16.5. The van der Waals surface area contributed by atoms with E-state index in [1.54, 1.807) is 24.3 Å². The van der Waals surface area contributed by atoms with E-state index in [0.29, 0.717) is 17.1 Å². The maximum atomic E-state index is 11.0. The summed E-state index contributed by atoms with van der Waals surface area (Å²) in [5, 5.41) is 13.5. The van der Waals surface area contributed by atoms with Crippen molar-refractivity contribution in [1.29, 1.82) is 0 Å². The Labute approximate surface area is 103 Å². The fourth-order valence-electron chi connectivity index (χ4n) is 1.38. The summed E-state index contributed by atoms with van der Waals surface area (Å²) in [6.45, 7) is 0. The van der Waals surface area contributed by atoms with E-state index in [0.717, 1.165) is 5.56 Å². The first-order valence-electron chi connectivity index (χ1n) is 5.10. The van der Waals surface area contributed by atoms with Crippen LogP contribution in [0.4, 0.5) is 5.69 Å². The van der Waals surface area contributed by atoms with Crippen LogP contribution >= 0.6 is 0 Å². The van der Waals surface area contributed by atoms with Gasteiger partial charge in [0.05, 0.1) is 7.11 Å². The van der Waals surface area contributed by atoms with Crippen LogP contribution in [0.2, 0.25) is 0 Å². The van der Waals surface area contributed by atoms with Crippen molar-refractivity contribution < 1.29 is 9.53 Å². The number of carbonyl (C=O) groups is 1. The molecule has 0 bridgehead atoms. The molecule has 2 aromatic rings. The molecule has 3 N–H and O–H groups in total. The number of nitrogen functional groups attached to an aromatic ring is 1. The number of methoxy groups -OCH3 is 1. The molecular formula is C11H11N5O2. The summed E-state index contributed by atoms with van der Waals surface area (Å²) in [6, 6.07) is 5.25. The summed E-state index contributed by atoms with van der Waals surface area (Å²) in [6.07, 6.45) is 2.94. The molecule has 0 aliphatic heterocycles. The number of hydrogen-bond acceptors (Lipinski definition) is 6. The van der Waals surface area contributed by atoms with E-state index in [1.165, 1.54) is 13.2 Å². The Bertz CT molecular complexity index is 577. The van der Waals surface area contributed by atoms with E-state index < -0.39 is 5.97 Å². The molecule has 1 heterocycles. The zero-order valence-corrected chi connectivity index (χ0v) is 9.62. The molecule has 0 fully saturated rings. The molecule has 0 amide bonds. The maximum Gasteiger partial charge on any atom is 0.330 e. The molecule has 0 unspecified atom stereocenters. The van der Waals surface area contributed by atoms with Crippen LogP contribution in [0.25, 0.3) is 17.5 Å². The third-order valence-corrected chi connectivity index (χ3v) is 2.28. The lowest BCUT2D eigenvalue weighted by molar-refractivity contribution is -0.134. The van der Waals surface area contributed by atoms with E-state index in [9.17, 15) is 4.79 Å². The second-order valence-electron chi connectivity index (χ2n) is 3.44. The van der Waals surface area contributed by atoms with Gasteiger partial charge in [0.15, 0.2) is 0 Å². The van der Waals surface area contributed by atoms with Gasteiger partial charge in [-0.25, -0.2) is 4.79 Å². The van der Waals surface area contributed by atoms with Gasteiger partial charge >= 0.3 is 5.97 Å². The van der Waals surface area contributed by atoms with Crippen molar-refractivity contribution in [3.63, 3.8) is 0 Å². The number of nitrogens with one attached hydrogen (secondary N) is 1. The predicted molar refractivity (Wildman–Crippen MR) is 65.1 cm³/mol. The lowest BCUT2D eigenvalue weighted by atomic mass is 10.1. The molecule has 0 saturated heterocycles. The third kappa shape index (κ3) is 2.51. The van der Waals surface area contributed by atoms with Gasteiger partial charge in [0.1, 0.15) is 0 Å². The van der Waals surface area contributed by atoms with Crippen LogP contribution in [0.1, 0.15) is 5.56 Å². The Morgan fingerprint density at radius 3 is 3.00 bits per heavy atom. The Morgan fingerprint density at radius 1 is 1.50 bits per heavy atom. The summed E-state index contributed by atoms with van der Waals surface area (Å²) < 4.78 is 4.51. The molecule has 0 radical (unpaired) electrons. The average molecular weight is 245 g/mol. The van der Waals surface area contributed by atoms with Gasteiger partial charge in [-0.1, -0.05) is 6.07 Å². The van der Waals surface area contributed by atoms with Crippen molar-refractivity contribution in [1.82, 2.24) is 20.6 Å². The quantitative estimate of drug-likeness (QED) is 0.466. The van der Waals surface area contributed by atoms with Gasteiger partial charge in [0.25, 0.3) is 0 Å². The van der Waals surface area contributed by atoms with Crippen molar-refractivity contribution >= 4 is 17.7 Å². The van der Waals surface area contributed by atoms with Crippen molar-refractivity contribution in [2.24, 2.45) is 0 Å². The SMILES string of the molecule is COC(=O)/C=C/c1ccc(N)c(-c2nn[nH]n2)c1. The number of nitrogens with zero attached hydrogens (tertiary/aromatic N) is 3. The summed E-state index contributed by atoms with van der Waals surface area (Å²) in [5.41, 5.74) is 7.79. The number of tetrazole rings is 1. The molecule has 0 saturated carbocycles. The van der Waals surface area contributed by atoms with Crippen LogP contribution in [-0.4, -0.2) is 33.7 Å². The lowest BCUT2D eigenvalue weighted by Crippen LogP contribution is -1.94. The van der Waals surface area contributed by atoms with Crippen LogP contribution in [0, 0.1) is 0 Å².